The number of rotatable bonds is 6. The fourth-order valence-electron chi connectivity index (χ4n) is 1.90. The molecule has 0 aromatic heterocycles. The van der Waals surface area contributed by atoms with E-state index >= 15 is 0 Å². The topological polar surface area (TPSA) is 70.6 Å². The molecule has 2 aromatic carbocycles. The van der Waals surface area contributed by atoms with Crippen molar-refractivity contribution in [3.05, 3.63) is 76.8 Å². The third kappa shape index (κ3) is 6.61. The van der Waals surface area contributed by atoms with Crippen LogP contribution in [-0.2, 0) is 4.79 Å². The molecule has 0 spiro atoms. The lowest BCUT2D eigenvalue weighted by atomic mass is 10.2. The van der Waals surface area contributed by atoms with Crippen molar-refractivity contribution in [2.45, 2.75) is 6.92 Å². The van der Waals surface area contributed by atoms with Crippen LogP contribution in [0, 0.1) is 0 Å². The first kappa shape index (κ1) is 18.4. The molecule has 0 heterocycles. The molecule has 2 amide bonds. The summed E-state index contributed by atoms with van der Waals surface area (Å²) in [5.41, 5.74) is 4.46. The van der Waals surface area contributed by atoms with Crippen LogP contribution in [0.1, 0.15) is 22.8 Å². The van der Waals surface area contributed by atoms with Crippen LogP contribution < -0.4 is 10.7 Å². The van der Waals surface area contributed by atoms with E-state index in [1.165, 1.54) is 6.07 Å². The third-order valence-electron chi connectivity index (χ3n) is 3.17. The molecule has 0 saturated heterocycles. The van der Waals surface area contributed by atoms with Gasteiger partial charge in [-0.05, 0) is 36.8 Å². The highest BCUT2D eigenvalue weighted by atomic mass is 35.5. The van der Waals surface area contributed by atoms with Crippen molar-refractivity contribution >= 4 is 35.2 Å². The number of hydrogen-bond acceptors (Lipinski definition) is 3. The second-order valence-corrected chi connectivity index (χ2v) is 5.66. The first-order valence-corrected chi connectivity index (χ1v) is 8.02. The molecule has 25 heavy (non-hydrogen) atoms. The normalized spacial score (nSPS) is 11.4. The Labute approximate surface area is 151 Å². The zero-order valence-corrected chi connectivity index (χ0v) is 14.5. The van der Waals surface area contributed by atoms with Gasteiger partial charge in [0.1, 0.15) is 0 Å². The van der Waals surface area contributed by atoms with Crippen molar-refractivity contribution < 1.29 is 9.59 Å². The van der Waals surface area contributed by atoms with Gasteiger partial charge in [-0.1, -0.05) is 54.1 Å². The first-order chi connectivity index (χ1) is 12.0. The van der Waals surface area contributed by atoms with Gasteiger partial charge in [-0.25, -0.2) is 5.43 Å². The number of hydrazone groups is 1. The summed E-state index contributed by atoms with van der Waals surface area (Å²) in [4.78, 5) is 23.6. The molecule has 0 fully saturated rings. The minimum absolute atomic E-state index is 0.176. The average Bonchev–Trinajstić information content (AvgIpc) is 2.63. The van der Waals surface area contributed by atoms with E-state index < -0.39 is 5.91 Å². The molecule has 6 heteroatoms. The highest BCUT2D eigenvalue weighted by Gasteiger charge is 2.07. The molecule has 0 saturated carbocycles. The highest BCUT2D eigenvalue weighted by molar-refractivity contribution is 6.31. The van der Waals surface area contributed by atoms with Crippen molar-refractivity contribution in [2.75, 3.05) is 6.54 Å². The third-order valence-corrected chi connectivity index (χ3v) is 3.40. The zero-order chi connectivity index (χ0) is 18.1. The number of allylic oxidation sites excluding steroid dienone is 1. The largest absolute Gasteiger partial charge is 0.343 e. The molecule has 0 unspecified atom stereocenters. The lowest BCUT2D eigenvalue weighted by Crippen LogP contribution is -2.35. The predicted octanol–water partition coefficient (Wildman–Crippen LogP) is 3.28. The molecular weight excluding hydrogens is 338 g/mol. The maximum atomic E-state index is 11.9. The van der Waals surface area contributed by atoms with E-state index in [4.69, 9.17) is 11.6 Å². The number of carbonyl (C=O) groups excluding carboxylic acids is 2. The number of nitrogens with zero attached hydrogens (tertiary/aromatic N) is 1. The van der Waals surface area contributed by atoms with Crippen molar-refractivity contribution in [1.82, 2.24) is 10.7 Å². The Morgan fingerprint density at radius 1 is 1.12 bits per heavy atom. The van der Waals surface area contributed by atoms with E-state index in [-0.39, 0.29) is 12.5 Å². The van der Waals surface area contributed by atoms with Crippen LogP contribution in [0.5, 0.6) is 0 Å². The Morgan fingerprint density at radius 3 is 2.60 bits per heavy atom. The SMILES string of the molecule is CC(/C=C/c1ccccc1)=N\NC(=O)CNC(=O)c1cccc(Cl)c1. The van der Waals surface area contributed by atoms with Crippen molar-refractivity contribution in [2.24, 2.45) is 5.10 Å². The van der Waals surface area contributed by atoms with Crippen molar-refractivity contribution in [1.29, 1.82) is 0 Å². The summed E-state index contributed by atoms with van der Waals surface area (Å²) < 4.78 is 0. The average molecular weight is 356 g/mol. The molecule has 0 aliphatic carbocycles. The second-order valence-electron chi connectivity index (χ2n) is 5.23. The molecule has 0 aliphatic heterocycles. The lowest BCUT2D eigenvalue weighted by molar-refractivity contribution is -0.120. The zero-order valence-electron chi connectivity index (χ0n) is 13.7. The van der Waals surface area contributed by atoms with E-state index in [1.54, 1.807) is 31.2 Å². The smallest absolute Gasteiger partial charge is 0.259 e. The summed E-state index contributed by atoms with van der Waals surface area (Å²) in [7, 11) is 0. The van der Waals surface area contributed by atoms with Crippen LogP contribution in [0.25, 0.3) is 6.08 Å². The Morgan fingerprint density at radius 2 is 1.88 bits per heavy atom. The summed E-state index contributed by atoms with van der Waals surface area (Å²) in [6.07, 6.45) is 3.69. The quantitative estimate of drug-likeness (QED) is 0.616. The number of benzene rings is 2. The van der Waals surface area contributed by atoms with Gasteiger partial charge in [0.15, 0.2) is 0 Å². The standard InChI is InChI=1S/C19H18ClN3O2/c1-14(10-11-15-6-3-2-4-7-15)22-23-18(24)13-21-19(25)16-8-5-9-17(20)12-16/h2-12H,13H2,1H3,(H,21,25)(H,23,24)/b11-10+,22-14+. The van der Waals surface area contributed by atoms with E-state index in [0.29, 0.717) is 16.3 Å². The highest BCUT2D eigenvalue weighted by Crippen LogP contribution is 2.10. The van der Waals surface area contributed by atoms with Gasteiger partial charge in [-0.3, -0.25) is 9.59 Å². The molecular formula is C19H18ClN3O2. The molecule has 2 aromatic rings. The summed E-state index contributed by atoms with van der Waals surface area (Å²) >= 11 is 5.83. The minimum Gasteiger partial charge on any atom is -0.343 e. The molecule has 2 rings (SSSR count). The predicted molar refractivity (Wildman–Crippen MR) is 101 cm³/mol. The first-order valence-electron chi connectivity index (χ1n) is 7.64. The van der Waals surface area contributed by atoms with Gasteiger partial charge < -0.3 is 5.32 Å². The van der Waals surface area contributed by atoms with E-state index in [2.05, 4.69) is 15.8 Å². The monoisotopic (exact) mass is 355 g/mol. The van der Waals surface area contributed by atoms with Gasteiger partial charge in [0.05, 0.1) is 12.3 Å². The van der Waals surface area contributed by atoms with Crippen LogP contribution >= 0.6 is 11.6 Å². The molecule has 0 aliphatic rings. The molecule has 0 bridgehead atoms. The molecule has 0 radical (unpaired) electrons. The summed E-state index contributed by atoms with van der Waals surface area (Å²) in [6, 6.07) is 16.3. The van der Waals surface area contributed by atoms with E-state index in [9.17, 15) is 9.59 Å². The number of hydrogen-bond donors (Lipinski definition) is 2. The number of nitrogens with one attached hydrogen (secondary N) is 2. The fourth-order valence-corrected chi connectivity index (χ4v) is 2.09. The van der Waals surface area contributed by atoms with Gasteiger partial charge in [-0.15, -0.1) is 0 Å². The van der Waals surface area contributed by atoms with Gasteiger partial charge in [-0.2, -0.15) is 5.10 Å². The number of carbonyl (C=O) groups is 2. The Bertz CT molecular complexity index is 801. The Balaban J connectivity index is 1.79. The van der Waals surface area contributed by atoms with Crippen LogP contribution in [0.3, 0.4) is 0 Å². The van der Waals surface area contributed by atoms with Gasteiger partial charge in [0.25, 0.3) is 11.8 Å². The minimum atomic E-state index is -0.414. The summed E-state index contributed by atoms with van der Waals surface area (Å²) in [6.45, 7) is 1.59. The van der Waals surface area contributed by atoms with E-state index in [1.807, 2.05) is 36.4 Å². The van der Waals surface area contributed by atoms with Crippen molar-refractivity contribution in [3.63, 3.8) is 0 Å². The maximum absolute atomic E-state index is 11.9. The molecule has 2 N–H and O–H groups in total. The Kier molecular flexibility index (Phi) is 6.92. The lowest BCUT2D eigenvalue weighted by Gasteiger charge is -2.05. The van der Waals surface area contributed by atoms with Crippen LogP contribution in [-0.4, -0.2) is 24.1 Å². The van der Waals surface area contributed by atoms with Gasteiger partial charge in [0.2, 0.25) is 0 Å². The summed E-state index contributed by atoms with van der Waals surface area (Å²) in [5, 5.41) is 6.93. The number of halogens is 1. The number of amides is 2. The maximum Gasteiger partial charge on any atom is 0.259 e. The summed E-state index contributed by atoms with van der Waals surface area (Å²) in [5.74, 6) is -0.787. The van der Waals surface area contributed by atoms with Crippen molar-refractivity contribution in [3.8, 4) is 0 Å². The Hall–Kier alpha value is -2.92. The van der Waals surface area contributed by atoms with Crippen LogP contribution in [0.2, 0.25) is 5.02 Å². The van der Waals surface area contributed by atoms with Crippen LogP contribution in [0.15, 0.2) is 65.8 Å². The van der Waals surface area contributed by atoms with Crippen LogP contribution in [0.4, 0.5) is 0 Å². The second kappa shape index (κ2) is 9.39. The molecule has 5 nitrogen and oxygen atoms in total. The molecule has 0 atom stereocenters. The van der Waals surface area contributed by atoms with E-state index in [0.717, 1.165) is 5.56 Å². The van der Waals surface area contributed by atoms with Gasteiger partial charge >= 0.3 is 0 Å². The van der Waals surface area contributed by atoms with Gasteiger partial charge in [0, 0.05) is 10.6 Å². The fraction of sp³-hybridized carbons (Fsp3) is 0.105. The molecule has 128 valence electrons.